The molecule has 0 unspecified atom stereocenters. The smallest absolute Gasteiger partial charge is 0.322 e. The standard InChI is InChI=1S/C8H11NO2/c1-3-6-4-5-7(9-6)8(10)11-2/h1,6-7,9H,4-5H2,2H3/t6-,7+/m1/s1. The van der Waals surface area contributed by atoms with E-state index in [0.717, 1.165) is 12.8 Å². The summed E-state index contributed by atoms with van der Waals surface area (Å²) in [6.07, 6.45) is 6.81. The highest BCUT2D eigenvalue weighted by molar-refractivity contribution is 5.76. The second-order valence-electron chi connectivity index (χ2n) is 2.54. The molecule has 0 aliphatic carbocycles. The van der Waals surface area contributed by atoms with E-state index in [-0.39, 0.29) is 18.1 Å². The molecule has 11 heavy (non-hydrogen) atoms. The molecule has 0 radical (unpaired) electrons. The molecule has 0 aromatic rings. The van der Waals surface area contributed by atoms with Crippen molar-refractivity contribution >= 4 is 5.97 Å². The molecule has 0 amide bonds. The lowest BCUT2D eigenvalue weighted by molar-refractivity contribution is -0.142. The van der Waals surface area contributed by atoms with Gasteiger partial charge in [-0.05, 0) is 12.8 Å². The van der Waals surface area contributed by atoms with E-state index in [0.29, 0.717) is 0 Å². The van der Waals surface area contributed by atoms with E-state index in [9.17, 15) is 4.79 Å². The number of rotatable bonds is 1. The van der Waals surface area contributed by atoms with E-state index >= 15 is 0 Å². The minimum atomic E-state index is -0.220. The fourth-order valence-electron chi connectivity index (χ4n) is 1.20. The van der Waals surface area contributed by atoms with Gasteiger partial charge in [0.2, 0.25) is 0 Å². The fourth-order valence-corrected chi connectivity index (χ4v) is 1.20. The molecular weight excluding hydrogens is 142 g/mol. The van der Waals surface area contributed by atoms with Gasteiger partial charge >= 0.3 is 5.97 Å². The molecule has 3 nitrogen and oxygen atoms in total. The van der Waals surface area contributed by atoms with E-state index in [2.05, 4.69) is 16.0 Å². The summed E-state index contributed by atoms with van der Waals surface area (Å²) >= 11 is 0. The summed E-state index contributed by atoms with van der Waals surface area (Å²) in [6.45, 7) is 0. The third kappa shape index (κ3) is 1.72. The van der Waals surface area contributed by atoms with Crippen molar-refractivity contribution in [2.75, 3.05) is 7.11 Å². The zero-order valence-corrected chi connectivity index (χ0v) is 6.46. The summed E-state index contributed by atoms with van der Waals surface area (Å²) in [5, 5.41) is 2.98. The molecule has 1 fully saturated rings. The molecule has 2 atom stereocenters. The fraction of sp³-hybridized carbons (Fsp3) is 0.625. The highest BCUT2D eigenvalue weighted by atomic mass is 16.5. The van der Waals surface area contributed by atoms with Crippen LogP contribution >= 0.6 is 0 Å². The molecule has 0 aromatic heterocycles. The van der Waals surface area contributed by atoms with Crippen molar-refractivity contribution in [2.45, 2.75) is 24.9 Å². The topological polar surface area (TPSA) is 38.3 Å². The van der Waals surface area contributed by atoms with Gasteiger partial charge in [-0.2, -0.15) is 0 Å². The number of nitrogens with one attached hydrogen (secondary N) is 1. The quantitative estimate of drug-likeness (QED) is 0.423. The van der Waals surface area contributed by atoms with Gasteiger partial charge in [0.15, 0.2) is 0 Å². The van der Waals surface area contributed by atoms with Crippen molar-refractivity contribution in [3.05, 3.63) is 0 Å². The Hall–Kier alpha value is -1.01. The molecule has 0 spiro atoms. The largest absolute Gasteiger partial charge is 0.468 e. The van der Waals surface area contributed by atoms with Crippen LogP contribution in [0.4, 0.5) is 0 Å². The van der Waals surface area contributed by atoms with Crippen molar-refractivity contribution in [1.82, 2.24) is 5.32 Å². The van der Waals surface area contributed by atoms with Crippen LogP contribution in [0.25, 0.3) is 0 Å². The molecule has 0 aromatic carbocycles. The minimum absolute atomic E-state index is 0.0408. The predicted molar refractivity (Wildman–Crippen MR) is 40.8 cm³/mol. The molecule has 1 N–H and O–H groups in total. The first-order valence-electron chi connectivity index (χ1n) is 3.58. The van der Waals surface area contributed by atoms with E-state index in [1.54, 1.807) is 0 Å². The maximum Gasteiger partial charge on any atom is 0.322 e. The van der Waals surface area contributed by atoms with E-state index < -0.39 is 0 Å². The normalized spacial score (nSPS) is 29.5. The zero-order valence-electron chi connectivity index (χ0n) is 6.46. The number of carbonyl (C=O) groups is 1. The maximum atomic E-state index is 10.9. The van der Waals surface area contributed by atoms with Crippen LogP contribution in [0.5, 0.6) is 0 Å². The number of terminal acetylenes is 1. The maximum absolute atomic E-state index is 10.9. The predicted octanol–water partition coefficient (Wildman–Crippen LogP) is -0.0868. The molecule has 1 rings (SSSR count). The SMILES string of the molecule is C#C[C@@H]1CC[C@@H](C(=O)OC)N1. The van der Waals surface area contributed by atoms with Crippen LogP contribution in [-0.2, 0) is 9.53 Å². The summed E-state index contributed by atoms with van der Waals surface area (Å²) in [6, 6.07) is -0.153. The van der Waals surface area contributed by atoms with E-state index in [1.807, 2.05) is 0 Å². The average molecular weight is 153 g/mol. The lowest BCUT2D eigenvalue weighted by atomic mass is 10.2. The van der Waals surface area contributed by atoms with Crippen molar-refractivity contribution in [1.29, 1.82) is 0 Å². The van der Waals surface area contributed by atoms with E-state index in [1.165, 1.54) is 7.11 Å². The third-order valence-corrected chi connectivity index (χ3v) is 1.83. The monoisotopic (exact) mass is 153 g/mol. The van der Waals surface area contributed by atoms with Gasteiger partial charge in [0, 0.05) is 0 Å². The van der Waals surface area contributed by atoms with Crippen LogP contribution in [0.1, 0.15) is 12.8 Å². The van der Waals surface area contributed by atoms with Crippen molar-refractivity contribution < 1.29 is 9.53 Å². The first-order valence-corrected chi connectivity index (χ1v) is 3.58. The highest BCUT2D eigenvalue weighted by Gasteiger charge is 2.28. The first-order chi connectivity index (χ1) is 5.27. The van der Waals surface area contributed by atoms with Crippen molar-refractivity contribution in [3.63, 3.8) is 0 Å². The molecule has 0 bridgehead atoms. The summed E-state index contributed by atoms with van der Waals surface area (Å²) in [7, 11) is 1.38. The molecule has 60 valence electrons. The van der Waals surface area contributed by atoms with Gasteiger partial charge < -0.3 is 4.74 Å². The molecule has 1 heterocycles. The molecule has 1 aliphatic heterocycles. The lowest BCUT2D eigenvalue weighted by Crippen LogP contribution is -2.35. The minimum Gasteiger partial charge on any atom is -0.468 e. The number of carbonyl (C=O) groups excluding carboxylic acids is 1. The Morgan fingerprint density at radius 3 is 2.91 bits per heavy atom. The molecular formula is C8H11NO2. The molecule has 0 saturated carbocycles. The van der Waals surface area contributed by atoms with Crippen LogP contribution in [0, 0.1) is 12.3 Å². The summed E-state index contributed by atoms with van der Waals surface area (Å²) in [5.41, 5.74) is 0. The summed E-state index contributed by atoms with van der Waals surface area (Å²) in [5.74, 6) is 2.33. The second kappa shape index (κ2) is 3.40. The Morgan fingerprint density at radius 1 is 1.73 bits per heavy atom. The van der Waals surface area contributed by atoms with Gasteiger partial charge in [0.25, 0.3) is 0 Å². The number of esters is 1. The highest BCUT2D eigenvalue weighted by Crippen LogP contribution is 2.12. The number of ether oxygens (including phenoxy) is 1. The van der Waals surface area contributed by atoms with Gasteiger partial charge in [-0.15, -0.1) is 6.42 Å². The van der Waals surface area contributed by atoms with E-state index in [4.69, 9.17) is 6.42 Å². The van der Waals surface area contributed by atoms with Gasteiger partial charge in [0.05, 0.1) is 13.2 Å². The Balaban J connectivity index is 2.43. The van der Waals surface area contributed by atoms with Crippen molar-refractivity contribution in [2.24, 2.45) is 0 Å². The van der Waals surface area contributed by atoms with Gasteiger partial charge in [-0.25, -0.2) is 0 Å². The Kier molecular flexibility index (Phi) is 2.50. The first kappa shape index (κ1) is 8.09. The lowest BCUT2D eigenvalue weighted by Gasteiger charge is -2.07. The zero-order chi connectivity index (χ0) is 8.27. The number of hydrogen-bond acceptors (Lipinski definition) is 3. The Bertz CT molecular complexity index is 195. The summed E-state index contributed by atoms with van der Waals surface area (Å²) < 4.78 is 4.56. The van der Waals surface area contributed by atoms with Crippen LogP contribution in [0.3, 0.4) is 0 Å². The Morgan fingerprint density at radius 2 is 2.45 bits per heavy atom. The Labute approximate surface area is 66.1 Å². The molecule has 1 aliphatic rings. The van der Waals surface area contributed by atoms with Gasteiger partial charge in [-0.3, -0.25) is 10.1 Å². The average Bonchev–Trinajstić information content (AvgIpc) is 2.50. The third-order valence-electron chi connectivity index (χ3n) is 1.83. The number of hydrogen-bond donors (Lipinski definition) is 1. The van der Waals surface area contributed by atoms with Gasteiger partial charge in [0.1, 0.15) is 6.04 Å². The second-order valence-corrected chi connectivity index (χ2v) is 2.54. The number of methoxy groups -OCH3 is 1. The van der Waals surface area contributed by atoms with Crippen LogP contribution < -0.4 is 5.32 Å². The van der Waals surface area contributed by atoms with Gasteiger partial charge in [-0.1, -0.05) is 5.92 Å². The molecule has 3 heteroatoms. The van der Waals surface area contributed by atoms with Crippen molar-refractivity contribution in [3.8, 4) is 12.3 Å². The van der Waals surface area contributed by atoms with Crippen LogP contribution in [0.2, 0.25) is 0 Å². The van der Waals surface area contributed by atoms with Crippen LogP contribution in [-0.4, -0.2) is 25.2 Å². The molecule has 1 saturated heterocycles. The van der Waals surface area contributed by atoms with Crippen LogP contribution in [0.15, 0.2) is 0 Å². The summed E-state index contributed by atoms with van der Waals surface area (Å²) in [4.78, 5) is 10.9.